The molecule has 156 valence electrons. The lowest BCUT2D eigenvalue weighted by Gasteiger charge is -2.19. The quantitative estimate of drug-likeness (QED) is 0.617. The van der Waals surface area contributed by atoms with Crippen molar-refractivity contribution in [3.05, 3.63) is 54.0 Å². The molecule has 0 aliphatic heterocycles. The highest BCUT2D eigenvalue weighted by Crippen LogP contribution is 2.42. The normalized spacial score (nSPS) is 13.3. The Labute approximate surface area is 175 Å². The second-order valence-electron chi connectivity index (χ2n) is 7.18. The SMILES string of the molecule is CCN(CCO)C(=O)c1cnn(-c2nccc(-c3ccccc3OC)n2)c1C1CC1. The van der Waals surface area contributed by atoms with Crippen LogP contribution in [0.4, 0.5) is 0 Å². The zero-order chi connectivity index (χ0) is 21.1. The third kappa shape index (κ3) is 3.78. The van der Waals surface area contributed by atoms with Gasteiger partial charge in [0.15, 0.2) is 0 Å². The molecule has 0 unspecified atom stereocenters. The lowest BCUT2D eigenvalue weighted by molar-refractivity contribution is 0.0730. The van der Waals surface area contributed by atoms with Crippen molar-refractivity contribution in [2.45, 2.75) is 25.7 Å². The van der Waals surface area contributed by atoms with Gasteiger partial charge in [-0.15, -0.1) is 0 Å². The number of amides is 1. The average Bonchev–Trinajstić information content (AvgIpc) is 3.54. The molecule has 1 saturated carbocycles. The molecule has 1 aliphatic rings. The number of nitrogens with zero attached hydrogens (tertiary/aromatic N) is 5. The molecule has 4 rings (SSSR count). The first-order chi connectivity index (χ1) is 14.7. The third-order valence-corrected chi connectivity index (χ3v) is 5.25. The number of likely N-dealkylation sites (N-methyl/N-ethyl adjacent to an activating group) is 1. The molecule has 1 fully saturated rings. The van der Waals surface area contributed by atoms with Gasteiger partial charge in [0.2, 0.25) is 0 Å². The van der Waals surface area contributed by atoms with Crippen LogP contribution >= 0.6 is 0 Å². The van der Waals surface area contributed by atoms with Crippen LogP contribution in [-0.2, 0) is 0 Å². The first-order valence-corrected chi connectivity index (χ1v) is 10.1. The van der Waals surface area contributed by atoms with Crippen molar-refractivity contribution in [3.63, 3.8) is 0 Å². The summed E-state index contributed by atoms with van der Waals surface area (Å²) in [5, 5.41) is 13.7. The van der Waals surface area contributed by atoms with Gasteiger partial charge in [-0.05, 0) is 38.0 Å². The van der Waals surface area contributed by atoms with Crippen molar-refractivity contribution < 1.29 is 14.6 Å². The Bertz CT molecular complexity index is 1040. The molecule has 1 amide bonds. The van der Waals surface area contributed by atoms with Gasteiger partial charge in [0, 0.05) is 30.8 Å². The van der Waals surface area contributed by atoms with Crippen molar-refractivity contribution in [1.82, 2.24) is 24.6 Å². The van der Waals surface area contributed by atoms with E-state index in [1.54, 1.807) is 29.1 Å². The van der Waals surface area contributed by atoms with Gasteiger partial charge in [0.25, 0.3) is 11.9 Å². The molecule has 1 N–H and O–H groups in total. The van der Waals surface area contributed by atoms with Crippen molar-refractivity contribution in [2.75, 3.05) is 26.8 Å². The van der Waals surface area contributed by atoms with Gasteiger partial charge in [-0.3, -0.25) is 4.79 Å². The maximum atomic E-state index is 13.0. The van der Waals surface area contributed by atoms with Gasteiger partial charge in [-0.1, -0.05) is 12.1 Å². The fraction of sp³-hybridized carbons (Fsp3) is 0.364. The Balaban J connectivity index is 1.75. The number of rotatable bonds is 8. The average molecular weight is 407 g/mol. The van der Waals surface area contributed by atoms with E-state index in [1.165, 1.54) is 0 Å². The Morgan fingerprint density at radius 3 is 2.80 bits per heavy atom. The predicted octanol–water partition coefficient (Wildman–Crippen LogP) is 2.67. The summed E-state index contributed by atoms with van der Waals surface area (Å²) in [6.45, 7) is 2.64. The minimum atomic E-state index is -0.124. The molecule has 1 aromatic carbocycles. The summed E-state index contributed by atoms with van der Waals surface area (Å²) in [6.07, 6.45) is 5.29. The van der Waals surface area contributed by atoms with Crippen LogP contribution < -0.4 is 4.74 Å². The Morgan fingerprint density at radius 1 is 1.30 bits per heavy atom. The number of carbonyl (C=O) groups is 1. The van der Waals surface area contributed by atoms with E-state index in [-0.39, 0.29) is 18.4 Å². The molecular weight excluding hydrogens is 382 g/mol. The van der Waals surface area contributed by atoms with E-state index in [0.717, 1.165) is 35.5 Å². The minimum Gasteiger partial charge on any atom is -0.496 e. The fourth-order valence-electron chi connectivity index (χ4n) is 3.58. The second kappa shape index (κ2) is 8.62. The summed E-state index contributed by atoms with van der Waals surface area (Å²) in [6, 6.07) is 9.50. The van der Waals surface area contributed by atoms with Crippen LogP contribution in [0.15, 0.2) is 42.7 Å². The minimum absolute atomic E-state index is 0.0729. The van der Waals surface area contributed by atoms with Crippen LogP contribution in [0.2, 0.25) is 0 Å². The molecule has 0 bridgehead atoms. The van der Waals surface area contributed by atoms with Crippen LogP contribution in [0.3, 0.4) is 0 Å². The van der Waals surface area contributed by atoms with Gasteiger partial charge in [0.1, 0.15) is 5.75 Å². The van der Waals surface area contributed by atoms with Crippen molar-refractivity contribution in [3.8, 4) is 23.0 Å². The highest BCUT2D eigenvalue weighted by Gasteiger charge is 2.34. The highest BCUT2D eigenvalue weighted by molar-refractivity contribution is 5.95. The summed E-state index contributed by atoms with van der Waals surface area (Å²) in [7, 11) is 1.63. The molecule has 1 aliphatic carbocycles. The van der Waals surface area contributed by atoms with Gasteiger partial charge >= 0.3 is 0 Å². The number of para-hydroxylation sites is 1. The summed E-state index contributed by atoms with van der Waals surface area (Å²) in [5.41, 5.74) is 2.98. The number of ether oxygens (including phenoxy) is 1. The number of aromatic nitrogens is 4. The maximum Gasteiger partial charge on any atom is 0.257 e. The van der Waals surface area contributed by atoms with E-state index in [2.05, 4.69) is 10.1 Å². The monoisotopic (exact) mass is 407 g/mol. The molecule has 0 saturated heterocycles. The molecule has 2 aromatic heterocycles. The van der Waals surface area contributed by atoms with Crippen molar-refractivity contribution in [1.29, 1.82) is 0 Å². The molecular formula is C22H25N5O3. The zero-order valence-corrected chi connectivity index (χ0v) is 17.2. The van der Waals surface area contributed by atoms with E-state index in [0.29, 0.717) is 24.6 Å². The summed E-state index contributed by atoms with van der Waals surface area (Å²) >= 11 is 0. The van der Waals surface area contributed by atoms with Gasteiger partial charge < -0.3 is 14.7 Å². The first kappa shape index (κ1) is 20.0. The molecule has 30 heavy (non-hydrogen) atoms. The molecule has 8 nitrogen and oxygen atoms in total. The van der Waals surface area contributed by atoms with Crippen LogP contribution in [0.5, 0.6) is 5.75 Å². The maximum absolute atomic E-state index is 13.0. The number of hydrogen-bond acceptors (Lipinski definition) is 6. The number of hydrogen-bond donors (Lipinski definition) is 1. The van der Waals surface area contributed by atoms with Crippen LogP contribution in [0.1, 0.15) is 41.7 Å². The molecule has 0 radical (unpaired) electrons. The molecule has 2 heterocycles. The lowest BCUT2D eigenvalue weighted by Crippen LogP contribution is -2.33. The Morgan fingerprint density at radius 2 is 2.10 bits per heavy atom. The number of aliphatic hydroxyl groups excluding tert-OH is 1. The van der Waals surface area contributed by atoms with Gasteiger partial charge in [-0.25, -0.2) is 14.6 Å². The van der Waals surface area contributed by atoms with Gasteiger partial charge in [-0.2, -0.15) is 5.10 Å². The number of carbonyl (C=O) groups excluding carboxylic acids is 1. The molecule has 0 atom stereocenters. The van der Waals surface area contributed by atoms with E-state index in [1.807, 2.05) is 37.3 Å². The molecule has 3 aromatic rings. The highest BCUT2D eigenvalue weighted by atomic mass is 16.5. The van der Waals surface area contributed by atoms with Crippen LogP contribution in [0, 0.1) is 0 Å². The number of aliphatic hydroxyl groups is 1. The number of benzene rings is 1. The van der Waals surface area contributed by atoms with E-state index >= 15 is 0 Å². The largest absolute Gasteiger partial charge is 0.496 e. The number of methoxy groups -OCH3 is 1. The topological polar surface area (TPSA) is 93.4 Å². The second-order valence-corrected chi connectivity index (χ2v) is 7.18. The lowest BCUT2D eigenvalue weighted by atomic mass is 10.1. The molecule has 8 heteroatoms. The first-order valence-electron chi connectivity index (χ1n) is 10.1. The summed E-state index contributed by atoms with van der Waals surface area (Å²) in [4.78, 5) is 23.8. The smallest absolute Gasteiger partial charge is 0.257 e. The van der Waals surface area contributed by atoms with Gasteiger partial charge in [0.05, 0.1) is 36.9 Å². The summed E-state index contributed by atoms with van der Waals surface area (Å²) < 4.78 is 7.14. The van der Waals surface area contributed by atoms with Crippen LogP contribution in [0.25, 0.3) is 17.2 Å². The van der Waals surface area contributed by atoms with Crippen LogP contribution in [-0.4, -0.2) is 62.5 Å². The standard InChI is InChI=1S/C22H25N5O3/c1-3-26(12-13-28)21(29)17-14-24-27(20(17)15-8-9-15)22-23-11-10-18(25-22)16-6-4-5-7-19(16)30-2/h4-7,10-11,14-15,28H,3,8-9,12-13H2,1-2H3. The molecule has 0 spiro atoms. The Hall–Kier alpha value is -3.26. The fourth-order valence-corrected chi connectivity index (χ4v) is 3.58. The van der Waals surface area contributed by atoms with E-state index < -0.39 is 0 Å². The zero-order valence-electron chi connectivity index (χ0n) is 17.2. The van der Waals surface area contributed by atoms with Crippen molar-refractivity contribution in [2.24, 2.45) is 0 Å². The van der Waals surface area contributed by atoms with E-state index in [4.69, 9.17) is 9.72 Å². The van der Waals surface area contributed by atoms with Crippen molar-refractivity contribution >= 4 is 5.91 Å². The third-order valence-electron chi connectivity index (χ3n) is 5.25. The van der Waals surface area contributed by atoms with E-state index in [9.17, 15) is 9.90 Å². The predicted molar refractivity (Wildman–Crippen MR) is 112 cm³/mol. The summed E-state index contributed by atoms with van der Waals surface area (Å²) in [5.74, 6) is 1.28. The Kier molecular flexibility index (Phi) is 5.76.